The van der Waals surface area contributed by atoms with Crippen LogP contribution in [0.3, 0.4) is 0 Å². The number of hydrogen-bond acceptors (Lipinski definition) is 4. The van der Waals surface area contributed by atoms with E-state index in [1.165, 1.54) is 19.2 Å². The molecule has 1 amide bonds. The second-order valence-corrected chi connectivity index (χ2v) is 8.20. The number of nitrogens with two attached hydrogens (primary N) is 1. The first-order valence-corrected chi connectivity index (χ1v) is 8.72. The van der Waals surface area contributed by atoms with Crippen molar-refractivity contribution < 1.29 is 13.2 Å². The van der Waals surface area contributed by atoms with E-state index in [1.54, 1.807) is 23.1 Å². The number of carbonyl (C=O) groups excluding carboxylic acids is 1. The van der Waals surface area contributed by atoms with Gasteiger partial charge in [-0.05, 0) is 30.5 Å². The summed E-state index contributed by atoms with van der Waals surface area (Å²) in [4.78, 5) is 14.2. The van der Waals surface area contributed by atoms with Gasteiger partial charge in [-0.1, -0.05) is 25.1 Å². The number of likely N-dealkylation sites (N-methyl/N-ethyl adjacent to an activating group) is 1. The zero-order chi connectivity index (χ0) is 16.4. The summed E-state index contributed by atoms with van der Waals surface area (Å²) in [6, 6.07) is 8.13. The van der Waals surface area contributed by atoms with Crippen molar-refractivity contribution in [2.45, 2.75) is 18.2 Å². The Balaban J connectivity index is 0.00000264. The van der Waals surface area contributed by atoms with Crippen LogP contribution in [-0.4, -0.2) is 56.8 Å². The number of hydrogen-bond donors (Lipinski definition) is 1. The highest BCUT2D eigenvalue weighted by Crippen LogP contribution is 2.28. The Morgan fingerprint density at radius 1 is 1.35 bits per heavy atom. The van der Waals surface area contributed by atoms with E-state index >= 15 is 0 Å². The molecule has 23 heavy (non-hydrogen) atoms. The van der Waals surface area contributed by atoms with Crippen molar-refractivity contribution in [1.82, 2.24) is 9.21 Å². The van der Waals surface area contributed by atoms with E-state index < -0.39 is 10.0 Å². The van der Waals surface area contributed by atoms with Crippen LogP contribution in [0.2, 0.25) is 0 Å². The number of benzene rings is 1. The first kappa shape index (κ1) is 19.9. The largest absolute Gasteiger partial charge is 0.341 e. The quantitative estimate of drug-likeness (QED) is 0.845. The first-order chi connectivity index (χ1) is 10.3. The molecule has 1 saturated heterocycles. The minimum absolute atomic E-state index is 0. The summed E-state index contributed by atoms with van der Waals surface area (Å²) in [7, 11) is -2.21. The lowest BCUT2D eigenvalue weighted by Gasteiger charge is -2.24. The minimum atomic E-state index is -3.64. The van der Waals surface area contributed by atoms with E-state index in [1.807, 2.05) is 6.92 Å². The van der Waals surface area contributed by atoms with Crippen LogP contribution in [0.25, 0.3) is 0 Å². The van der Waals surface area contributed by atoms with Gasteiger partial charge >= 0.3 is 0 Å². The molecule has 0 radical (unpaired) electrons. The Bertz CT molecular complexity index is 639. The van der Waals surface area contributed by atoms with Crippen LogP contribution in [0.15, 0.2) is 35.2 Å². The molecule has 130 valence electrons. The summed E-state index contributed by atoms with van der Waals surface area (Å²) in [5.74, 6) is -0.181. The maximum atomic E-state index is 12.4. The van der Waals surface area contributed by atoms with Crippen molar-refractivity contribution in [3.05, 3.63) is 30.3 Å². The lowest BCUT2D eigenvalue weighted by molar-refractivity contribution is -0.130. The summed E-state index contributed by atoms with van der Waals surface area (Å²) in [5, 5.41) is 0. The van der Waals surface area contributed by atoms with Crippen molar-refractivity contribution in [3.63, 3.8) is 0 Å². The summed E-state index contributed by atoms with van der Waals surface area (Å²) in [6.45, 7) is 3.63. The molecule has 0 aliphatic carbocycles. The van der Waals surface area contributed by atoms with Crippen molar-refractivity contribution in [1.29, 1.82) is 0 Å². The summed E-state index contributed by atoms with van der Waals surface area (Å²) >= 11 is 0. The van der Waals surface area contributed by atoms with E-state index in [0.29, 0.717) is 19.6 Å². The van der Waals surface area contributed by atoms with Gasteiger partial charge in [0, 0.05) is 20.1 Å². The number of rotatable bonds is 5. The van der Waals surface area contributed by atoms with Gasteiger partial charge in [0.2, 0.25) is 15.9 Å². The van der Waals surface area contributed by atoms with Crippen LogP contribution in [-0.2, 0) is 14.8 Å². The van der Waals surface area contributed by atoms with Gasteiger partial charge in [0.05, 0.1) is 11.4 Å². The Hall–Kier alpha value is -1.15. The molecule has 6 nitrogen and oxygen atoms in total. The summed E-state index contributed by atoms with van der Waals surface area (Å²) in [5.41, 5.74) is 5.67. The third-order valence-corrected chi connectivity index (χ3v) is 6.03. The van der Waals surface area contributed by atoms with Gasteiger partial charge in [0.25, 0.3) is 0 Å². The maximum Gasteiger partial charge on any atom is 0.243 e. The number of nitrogens with zero attached hydrogens (tertiary/aromatic N) is 2. The molecule has 0 bridgehead atoms. The molecule has 1 aliphatic heterocycles. The topological polar surface area (TPSA) is 83.7 Å². The highest BCUT2D eigenvalue weighted by atomic mass is 35.5. The molecule has 2 rings (SSSR count). The van der Waals surface area contributed by atoms with Crippen molar-refractivity contribution >= 4 is 28.3 Å². The number of halogens is 1. The second-order valence-electron chi connectivity index (χ2n) is 6.15. The van der Waals surface area contributed by atoms with E-state index in [-0.39, 0.29) is 35.2 Å². The van der Waals surface area contributed by atoms with Crippen LogP contribution in [0.5, 0.6) is 0 Å². The fraction of sp³-hybridized carbons (Fsp3) is 0.533. The van der Waals surface area contributed by atoms with E-state index in [2.05, 4.69) is 0 Å². The zero-order valence-electron chi connectivity index (χ0n) is 13.4. The van der Waals surface area contributed by atoms with Gasteiger partial charge in [-0.15, -0.1) is 12.4 Å². The van der Waals surface area contributed by atoms with E-state index in [9.17, 15) is 13.2 Å². The Labute approximate surface area is 144 Å². The van der Waals surface area contributed by atoms with E-state index in [0.717, 1.165) is 10.7 Å². The first-order valence-electron chi connectivity index (χ1n) is 7.28. The van der Waals surface area contributed by atoms with Crippen LogP contribution in [0.4, 0.5) is 0 Å². The molecule has 1 heterocycles. The van der Waals surface area contributed by atoms with Gasteiger partial charge in [-0.25, -0.2) is 8.42 Å². The molecule has 8 heteroatoms. The Morgan fingerprint density at radius 2 is 1.96 bits per heavy atom. The molecule has 1 aromatic rings. The number of amides is 1. The number of likely N-dealkylation sites (tertiary alicyclic amines) is 1. The molecule has 1 aliphatic rings. The molecule has 0 saturated carbocycles. The molecule has 1 fully saturated rings. The van der Waals surface area contributed by atoms with Crippen LogP contribution >= 0.6 is 12.4 Å². The van der Waals surface area contributed by atoms with Crippen LogP contribution in [0.1, 0.15) is 13.3 Å². The predicted octanol–water partition coefficient (Wildman–Crippen LogP) is 0.926. The third-order valence-electron chi connectivity index (χ3n) is 4.21. The molecular formula is C15H24ClN3O3S. The second kappa shape index (κ2) is 7.61. The summed E-state index contributed by atoms with van der Waals surface area (Å²) < 4.78 is 25.9. The highest BCUT2D eigenvalue weighted by molar-refractivity contribution is 7.89. The van der Waals surface area contributed by atoms with Crippen LogP contribution < -0.4 is 5.73 Å². The molecule has 0 spiro atoms. The van der Waals surface area contributed by atoms with Gasteiger partial charge in [-0.2, -0.15) is 4.31 Å². The van der Waals surface area contributed by atoms with Gasteiger partial charge in [0.1, 0.15) is 0 Å². The fourth-order valence-corrected chi connectivity index (χ4v) is 3.69. The monoisotopic (exact) mass is 361 g/mol. The number of sulfonamides is 1. The van der Waals surface area contributed by atoms with Gasteiger partial charge in [-0.3, -0.25) is 4.79 Å². The van der Waals surface area contributed by atoms with Gasteiger partial charge < -0.3 is 10.6 Å². The molecule has 2 N–H and O–H groups in total. The lowest BCUT2D eigenvalue weighted by Crippen LogP contribution is -2.41. The van der Waals surface area contributed by atoms with Crippen LogP contribution in [0, 0.1) is 5.41 Å². The SMILES string of the molecule is CN(CC(=O)N1CCC(C)(CN)C1)S(=O)(=O)c1ccccc1.Cl. The average molecular weight is 362 g/mol. The molecule has 1 aromatic carbocycles. The van der Waals surface area contributed by atoms with Crippen molar-refractivity contribution in [2.75, 3.05) is 33.2 Å². The Morgan fingerprint density at radius 3 is 2.48 bits per heavy atom. The standard InChI is InChI=1S/C15H23N3O3S.ClH/c1-15(11-16)8-9-18(12-15)14(19)10-17(2)22(20,21)13-6-4-3-5-7-13;/h3-7H,8-12,16H2,1-2H3;1H. The molecule has 0 aromatic heterocycles. The summed E-state index contributed by atoms with van der Waals surface area (Å²) in [6.07, 6.45) is 0.852. The fourth-order valence-electron chi connectivity index (χ4n) is 2.55. The number of carbonyl (C=O) groups is 1. The predicted molar refractivity (Wildman–Crippen MR) is 91.9 cm³/mol. The molecular weight excluding hydrogens is 338 g/mol. The van der Waals surface area contributed by atoms with E-state index in [4.69, 9.17) is 5.73 Å². The van der Waals surface area contributed by atoms with Crippen molar-refractivity contribution in [3.8, 4) is 0 Å². The molecule has 1 atom stereocenters. The molecule has 1 unspecified atom stereocenters. The smallest absolute Gasteiger partial charge is 0.243 e. The lowest BCUT2D eigenvalue weighted by atomic mass is 9.90. The minimum Gasteiger partial charge on any atom is -0.341 e. The third kappa shape index (κ3) is 4.44. The van der Waals surface area contributed by atoms with Gasteiger partial charge in [0.15, 0.2) is 0 Å². The average Bonchev–Trinajstić information content (AvgIpc) is 2.91. The maximum absolute atomic E-state index is 12.4. The zero-order valence-corrected chi connectivity index (χ0v) is 15.1. The Kier molecular flexibility index (Phi) is 6.59. The normalized spacial score (nSPS) is 21.3. The van der Waals surface area contributed by atoms with Crippen molar-refractivity contribution in [2.24, 2.45) is 11.1 Å². The highest BCUT2D eigenvalue weighted by Gasteiger charge is 2.35.